The zero-order chi connectivity index (χ0) is 16.2. The van der Waals surface area contributed by atoms with Crippen LogP contribution in [0.2, 0.25) is 5.02 Å². The van der Waals surface area contributed by atoms with Crippen molar-refractivity contribution >= 4 is 41.5 Å². The molecule has 0 unspecified atom stereocenters. The number of halogens is 2. The molecule has 1 aliphatic rings. The smallest absolute Gasteiger partial charge is 0.194 e. The van der Waals surface area contributed by atoms with Gasteiger partial charge in [0.15, 0.2) is 5.96 Å². The van der Waals surface area contributed by atoms with Crippen LogP contribution < -0.4 is 5.32 Å². The average molecular weight is 452 g/mol. The van der Waals surface area contributed by atoms with Crippen LogP contribution in [0.25, 0.3) is 0 Å². The van der Waals surface area contributed by atoms with Gasteiger partial charge in [-0.05, 0) is 31.0 Å². The van der Waals surface area contributed by atoms with Crippen LogP contribution in [0, 0.1) is 0 Å². The Morgan fingerprint density at radius 2 is 2.22 bits per heavy atom. The molecule has 0 saturated carbocycles. The number of aliphatic hydroxyl groups excluding tert-OH is 1. The highest BCUT2D eigenvalue weighted by molar-refractivity contribution is 14.0. The molecule has 1 fully saturated rings. The van der Waals surface area contributed by atoms with E-state index in [4.69, 9.17) is 16.6 Å². The second kappa shape index (κ2) is 9.08. The predicted octanol–water partition coefficient (Wildman–Crippen LogP) is 3.27. The van der Waals surface area contributed by atoms with Gasteiger partial charge >= 0.3 is 0 Å². The fraction of sp³-hybridized carbons (Fsp3) is 0.588. The number of guanidine groups is 1. The molecule has 4 nitrogen and oxygen atoms in total. The number of hydrogen-bond acceptors (Lipinski definition) is 2. The Balaban J connectivity index is 0.00000264. The van der Waals surface area contributed by atoms with Gasteiger partial charge in [-0.1, -0.05) is 37.6 Å². The van der Waals surface area contributed by atoms with Gasteiger partial charge in [0.1, 0.15) is 0 Å². The van der Waals surface area contributed by atoms with Gasteiger partial charge in [-0.3, -0.25) is 4.99 Å². The van der Waals surface area contributed by atoms with Crippen molar-refractivity contribution in [1.29, 1.82) is 0 Å². The lowest BCUT2D eigenvalue weighted by Crippen LogP contribution is -2.41. The van der Waals surface area contributed by atoms with E-state index in [1.54, 1.807) is 0 Å². The highest BCUT2D eigenvalue weighted by Gasteiger charge is 2.25. The van der Waals surface area contributed by atoms with Gasteiger partial charge in [0, 0.05) is 30.1 Å². The minimum atomic E-state index is -0.246. The first-order valence-corrected chi connectivity index (χ1v) is 8.27. The molecular weight excluding hydrogens is 425 g/mol. The molecular formula is C17H27ClIN3O. The van der Waals surface area contributed by atoms with E-state index in [1.165, 1.54) is 5.56 Å². The Kier molecular flexibility index (Phi) is 8.10. The van der Waals surface area contributed by atoms with Gasteiger partial charge in [-0.15, -0.1) is 24.0 Å². The zero-order valence-electron chi connectivity index (χ0n) is 14.1. The van der Waals surface area contributed by atoms with E-state index in [9.17, 15) is 5.11 Å². The lowest BCUT2D eigenvalue weighted by atomic mass is 9.85. The minimum absolute atomic E-state index is 0. The first-order chi connectivity index (χ1) is 10.4. The van der Waals surface area contributed by atoms with Crippen molar-refractivity contribution in [2.45, 2.75) is 38.7 Å². The zero-order valence-corrected chi connectivity index (χ0v) is 17.1. The van der Waals surface area contributed by atoms with Gasteiger partial charge < -0.3 is 15.3 Å². The Bertz CT molecular complexity index is 536. The lowest BCUT2D eigenvalue weighted by Gasteiger charge is -2.26. The summed E-state index contributed by atoms with van der Waals surface area (Å²) in [6.07, 6.45) is 0.562. The summed E-state index contributed by atoms with van der Waals surface area (Å²) in [6.45, 7) is 9.40. The maximum absolute atomic E-state index is 9.71. The van der Waals surface area contributed by atoms with Crippen molar-refractivity contribution in [1.82, 2.24) is 10.2 Å². The van der Waals surface area contributed by atoms with Crippen molar-refractivity contribution in [3.05, 3.63) is 34.9 Å². The Labute approximate surface area is 161 Å². The average Bonchev–Trinajstić information content (AvgIpc) is 2.90. The summed E-state index contributed by atoms with van der Waals surface area (Å²) in [6, 6.07) is 7.96. The third-order valence-electron chi connectivity index (χ3n) is 4.03. The maximum Gasteiger partial charge on any atom is 0.194 e. The van der Waals surface area contributed by atoms with Gasteiger partial charge in [-0.25, -0.2) is 0 Å². The third kappa shape index (κ3) is 5.80. The van der Waals surface area contributed by atoms with Crippen molar-refractivity contribution < 1.29 is 5.11 Å². The van der Waals surface area contributed by atoms with Crippen LogP contribution in [-0.2, 0) is 5.41 Å². The van der Waals surface area contributed by atoms with Crippen LogP contribution in [0.4, 0.5) is 0 Å². The first-order valence-electron chi connectivity index (χ1n) is 7.90. The number of benzene rings is 1. The van der Waals surface area contributed by atoms with Crippen LogP contribution in [0.15, 0.2) is 29.3 Å². The van der Waals surface area contributed by atoms with Crippen molar-refractivity contribution in [2.75, 3.05) is 26.2 Å². The topological polar surface area (TPSA) is 47.9 Å². The van der Waals surface area contributed by atoms with E-state index >= 15 is 0 Å². The number of aliphatic hydroxyl groups is 1. The number of rotatable bonds is 4. The maximum atomic E-state index is 9.71. The summed E-state index contributed by atoms with van der Waals surface area (Å²) < 4.78 is 0. The number of nitrogens with one attached hydrogen (secondary N) is 1. The van der Waals surface area contributed by atoms with Gasteiger partial charge in [0.2, 0.25) is 0 Å². The van der Waals surface area contributed by atoms with Crippen LogP contribution >= 0.6 is 35.6 Å². The molecule has 23 heavy (non-hydrogen) atoms. The molecule has 1 aromatic carbocycles. The van der Waals surface area contributed by atoms with E-state index in [1.807, 2.05) is 18.2 Å². The highest BCUT2D eigenvalue weighted by Crippen LogP contribution is 2.26. The van der Waals surface area contributed by atoms with Crippen molar-refractivity contribution in [3.8, 4) is 0 Å². The molecule has 0 radical (unpaired) electrons. The Morgan fingerprint density at radius 1 is 1.48 bits per heavy atom. The van der Waals surface area contributed by atoms with E-state index in [2.05, 4.69) is 37.1 Å². The van der Waals surface area contributed by atoms with Crippen molar-refractivity contribution in [3.63, 3.8) is 0 Å². The normalized spacial score (nSPS) is 18.7. The van der Waals surface area contributed by atoms with Crippen LogP contribution in [-0.4, -0.2) is 48.2 Å². The Hall–Kier alpha value is -0.530. The summed E-state index contributed by atoms with van der Waals surface area (Å²) >= 11 is 6.10. The first kappa shape index (κ1) is 20.5. The molecule has 2 N–H and O–H groups in total. The molecule has 6 heteroatoms. The monoisotopic (exact) mass is 451 g/mol. The second-order valence-electron chi connectivity index (χ2n) is 6.45. The molecule has 130 valence electrons. The molecule has 1 atom stereocenters. The van der Waals surface area contributed by atoms with E-state index in [0.29, 0.717) is 13.1 Å². The third-order valence-corrected chi connectivity index (χ3v) is 4.26. The highest BCUT2D eigenvalue weighted by atomic mass is 127. The summed E-state index contributed by atoms with van der Waals surface area (Å²) in [5.74, 6) is 0.883. The summed E-state index contributed by atoms with van der Waals surface area (Å²) in [7, 11) is 0. The molecule has 0 aromatic heterocycles. The molecule has 2 rings (SSSR count). The van der Waals surface area contributed by atoms with Crippen molar-refractivity contribution in [2.24, 2.45) is 4.99 Å². The fourth-order valence-corrected chi connectivity index (χ4v) is 2.82. The Morgan fingerprint density at radius 3 is 2.78 bits per heavy atom. The lowest BCUT2D eigenvalue weighted by molar-refractivity contribution is 0.187. The number of likely N-dealkylation sites (tertiary alicyclic amines) is 1. The number of β-amino-alcohol motifs (C(OH)–C–C–N with tert-alkyl or cyclic N) is 1. The van der Waals surface area contributed by atoms with Gasteiger partial charge in [0.05, 0.1) is 12.6 Å². The van der Waals surface area contributed by atoms with Crippen LogP contribution in [0.1, 0.15) is 32.8 Å². The standard InChI is InChI=1S/C17H26ClN3O.HI/c1-4-19-16(21-9-8-15(22)11-21)20-12-17(2,3)13-6-5-7-14(18)10-13;/h5-7,10,15,22H,4,8-9,11-12H2,1-3H3,(H,19,20);1H/t15-;/m1./s1. The quantitative estimate of drug-likeness (QED) is 0.420. The van der Waals surface area contributed by atoms with E-state index in [-0.39, 0.29) is 35.5 Å². The molecule has 1 saturated heterocycles. The van der Waals surface area contributed by atoms with Gasteiger partial charge in [-0.2, -0.15) is 0 Å². The summed E-state index contributed by atoms with van der Waals surface area (Å²) in [5, 5.41) is 13.8. The number of aliphatic imine (C=N–C) groups is 1. The molecule has 1 aliphatic heterocycles. The minimum Gasteiger partial charge on any atom is -0.391 e. The molecule has 0 aliphatic carbocycles. The fourth-order valence-electron chi connectivity index (χ4n) is 2.63. The predicted molar refractivity (Wildman–Crippen MR) is 108 cm³/mol. The van der Waals surface area contributed by atoms with Crippen LogP contribution in [0.5, 0.6) is 0 Å². The SMILES string of the molecule is CCNC(=NCC(C)(C)c1cccc(Cl)c1)N1CC[C@@H](O)C1.I. The van der Waals surface area contributed by atoms with Gasteiger partial charge in [0.25, 0.3) is 0 Å². The van der Waals surface area contributed by atoms with E-state index in [0.717, 1.165) is 30.5 Å². The van der Waals surface area contributed by atoms with E-state index < -0.39 is 0 Å². The largest absolute Gasteiger partial charge is 0.391 e. The molecule has 0 spiro atoms. The molecule has 0 bridgehead atoms. The summed E-state index contributed by atoms with van der Waals surface area (Å²) in [5.41, 5.74) is 1.09. The number of hydrogen-bond donors (Lipinski definition) is 2. The molecule has 1 aromatic rings. The van der Waals surface area contributed by atoms with Crippen LogP contribution in [0.3, 0.4) is 0 Å². The summed E-state index contributed by atoms with van der Waals surface area (Å²) in [4.78, 5) is 6.91. The molecule has 0 amide bonds. The molecule has 1 heterocycles. The second-order valence-corrected chi connectivity index (χ2v) is 6.89. The number of nitrogens with zero attached hydrogens (tertiary/aromatic N) is 2.